The molecule has 108 valence electrons. The molecule has 2 rings (SSSR count). The Bertz CT molecular complexity index is 693. The van der Waals surface area contributed by atoms with E-state index in [-0.39, 0.29) is 18.0 Å². The van der Waals surface area contributed by atoms with Gasteiger partial charge in [0.15, 0.2) is 6.61 Å². The van der Waals surface area contributed by atoms with Crippen LogP contribution < -0.4 is 5.73 Å². The Kier molecular flexibility index (Phi) is 4.87. The number of amides is 1. The van der Waals surface area contributed by atoms with Crippen molar-refractivity contribution in [1.82, 2.24) is 0 Å². The zero-order valence-electron chi connectivity index (χ0n) is 10.7. The maximum atomic E-state index is 11.8. The predicted molar refractivity (Wildman–Crippen MR) is 81.6 cm³/mol. The standard InChI is InChI=1S/C14H10BrNO4S/c15-12-6-5-11(21-12)10(17)7-20-14(19)9-3-1-8(2-4-9)13(16)18/h1-6H,7H2,(H2,16,18). The summed E-state index contributed by atoms with van der Waals surface area (Å²) < 4.78 is 5.77. The van der Waals surface area contributed by atoms with Crippen LogP contribution in [0.4, 0.5) is 0 Å². The van der Waals surface area contributed by atoms with Crippen molar-refractivity contribution in [3.05, 3.63) is 56.2 Å². The number of nitrogens with two attached hydrogens (primary N) is 1. The first-order valence-electron chi connectivity index (χ1n) is 5.83. The molecule has 1 aromatic heterocycles. The van der Waals surface area contributed by atoms with Crippen LogP contribution in [-0.4, -0.2) is 24.3 Å². The lowest BCUT2D eigenvalue weighted by molar-refractivity contribution is 0.0475. The lowest BCUT2D eigenvalue weighted by atomic mass is 10.1. The summed E-state index contributed by atoms with van der Waals surface area (Å²) in [6.45, 7) is -0.330. The van der Waals surface area contributed by atoms with Crippen LogP contribution in [0.5, 0.6) is 0 Å². The van der Waals surface area contributed by atoms with E-state index in [4.69, 9.17) is 10.5 Å². The number of esters is 1. The van der Waals surface area contributed by atoms with Crippen molar-refractivity contribution in [2.75, 3.05) is 6.61 Å². The third-order valence-electron chi connectivity index (χ3n) is 2.59. The summed E-state index contributed by atoms with van der Waals surface area (Å²) in [6, 6.07) is 9.12. The highest BCUT2D eigenvalue weighted by atomic mass is 79.9. The first-order valence-corrected chi connectivity index (χ1v) is 7.44. The van der Waals surface area contributed by atoms with Crippen LogP contribution in [0.15, 0.2) is 40.2 Å². The van der Waals surface area contributed by atoms with Crippen LogP contribution in [0, 0.1) is 0 Å². The molecule has 2 N–H and O–H groups in total. The van der Waals surface area contributed by atoms with Crippen LogP contribution in [0.2, 0.25) is 0 Å². The van der Waals surface area contributed by atoms with E-state index >= 15 is 0 Å². The topological polar surface area (TPSA) is 86.5 Å². The molecule has 0 radical (unpaired) electrons. The average molecular weight is 368 g/mol. The number of thiophene rings is 1. The molecule has 1 aromatic carbocycles. The maximum Gasteiger partial charge on any atom is 0.338 e. The van der Waals surface area contributed by atoms with Crippen molar-refractivity contribution in [3.63, 3.8) is 0 Å². The average Bonchev–Trinajstić information content (AvgIpc) is 2.91. The number of ketones is 1. The fourth-order valence-electron chi connectivity index (χ4n) is 1.52. The number of ether oxygens (including phenoxy) is 1. The van der Waals surface area contributed by atoms with Crippen molar-refractivity contribution in [2.24, 2.45) is 5.73 Å². The van der Waals surface area contributed by atoms with E-state index < -0.39 is 11.9 Å². The quantitative estimate of drug-likeness (QED) is 0.649. The minimum absolute atomic E-state index is 0.250. The molecule has 5 nitrogen and oxygen atoms in total. The van der Waals surface area contributed by atoms with Gasteiger partial charge in [-0.2, -0.15) is 0 Å². The van der Waals surface area contributed by atoms with Crippen LogP contribution in [0.25, 0.3) is 0 Å². The van der Waals surface area contributed by atoms with Gasteiger partial charge in [0.1, 0.15) is 0 Å². The molecule has 0 aliphatic carbocycles. The Labute approximate surface area is 132 Å². The third kappa shape index (κ3) is 3.99. The summed E-state index contributed by atoms with van der Waals surface area (Å²) in [7, 11) is 0. The van der Waals surface area contributed by atoms with Gasteiger partial charge in [-0.25, -0.2) is 4.79 Å². The normalized spacial score (nSPS) is 10.1. The second kappa shape index (κ2) is 6.64. The van der Waals surface area contributed by atoms with Crippen LogP contribution in [-0.2, 0) is 4.74 Å². The Morgan fingerprint density at radius 3 is 2.19 bits per heavy atom. The lowest BCUT2D eigenvalue weighted by Gasteiger charge is -2.04. The largest absolute Gasteiger partial charge is 0.454 e. The molecular weight excluding hydrogens is 358 g/mol. The number of Topliss-reactive ketones (excluding diaryl/α,β-unsaturated/α-hetero) is 1. The highest BCUT2D eigenvalue weighted by Crippen LogP contribution is 2.22. The second-order valence-corrected chi connectivity index (χ2v) is 6.51. The Balaban J connectivity index is 1.95. The van der Waals surface area contributed by atoms with Gasteiger partial charge in [0.25, 0.3) is 0 Å². The van der Waals surface area contributed by atoms with Crippen molar-refractivity contribution < 1.29 is 19.1 Å². The molecule has 0 atom stereocenters. The van der Waals surface area contributed by atoms with Crippen LogP contribution >= 0.6 is 27.3 Å². The van der Waals surface area contributed by atoms with Gasteiger partial charge in [0, 0.05) is 5.56 Å². The number of halogens is 1. The van der Waals surface area contributed by atoms with E-state index in [1.165, 1.54) is 35.6 Å². The van der Waals surface area contributed by atoms with E-state index in [2.05, 4.69) is 15.9 Å². The minimum Gasteiger partial charge on any atom is -0.454 e. The molecule has 0 unspecified atom stereocenters. The maximum absolute atomic E-state index is 11.8. The van der Waals surface area contributed by atoms with Gasteiger partial charge in [0.05, 0.1) is 14.2 Å². The summed E-state index contributed by atoms with van der Waals surface area (Å²) in [6.07, 6.45) is 0. The summed E-state index contributed by atoms with van der Waals surface area (Å²) in [5, 5.41) is 0. The number of rotatable bonds is 5. The van der Waals surface area contributed by atoms with Gasteiger partial charge >= 0.3 is 5.97 Å². The van der Waals surface area contributed by atoms with E-state index in [0.29, 0.717) is 10.4 Å². The molecule has 0 saturated carbocycles. The van der Waals surface area contributed by atoms with Gasteiger partial charge in [-0.15, -0.1) is 11.3 Å². The Hall–Kier alpha value is -1.99. The van der Waals surface area contributed by atoms with Crippen molar-refractivity contribution >= 4 is 44.9 Å². The van der Waals surface area contributed by atoms with E-state index in [9.17, 15) is 14.4 Å². The smallest absolute Gasteiger partial charge is 0.338 e. The molecule has 0 saturated heterocycles. The van der Waals surface area contributed by atoms with Gasteiger partial charge < -0.3 is 10.5 Å². The lowest BCUT2D eigenvalue weighted by Crippen LogP contribution is -2.14. The molecule has 7 heteroatoms. The fourth-order valence-corrected chi connectivity index (χ4v) is 2.83. The number of hydrogen-bond donors (Lipinski definition) is 1. The molecule has 1 heterocycles. The van der Waals surface area contributed by atoms with E-state index in [0.717, 1.165) is 3.79 Å². The summed E-state index contributed by atoms with van der Waals surface area (Å²) in [5.41, 5.74) is 5.65. The predicted octanol–water partition coefficient (Wildman–Crippen LogP) is 2.65. The van der Waals surface area contributed by atoms with Crippen molar-refractivity contribution in [3.8, 4) is 0 Å². The number of carbonyl (C=O) groups excluding carboxylic acids is 3. The van der Waals surface area contributed by atoms with Gasteiger partial charge in [-0.1, -0.05) is 0 Å². The van der Waals surface area contributed by atoms with Gasteiger partial charge in [0.2, 0.25) is 11.7 Å². The second-order valence-electron chi connectivity index (χ2n) is 4.04. The molecular formula is C14H10BrNO4S. The molecule has 1 amide bonds. The molecule has 2 aromatic rings. The monoisotopic (exact) mass is 367 g/mol. The number of hydrogen-bond acceptors (Lipinski definition) is 5. The SMILES string of the molecule is NC(=O)c1ccc(C(=O)OCC(=O)c2ccc(Br)s2)cc1. The molecule has 0 fully saturated rings. The van der Waals surface area contributed by atoms with E-state index in [1.807, 2.05) is 0 Å². The summed E-state index contributed by atoms with van der Waals surface area (Å²) >= 11 is 4.53. The number of benzene rings is 1. The van der Waals surface area contributed by atoms with Crippen LogP contribution in [0.3, 0.4) is 0 Å². The highest BCUT2D eigenvalue weighted by Gasteiger charge is 2.13. The van der Waals surface area contributed by atoms with Crippen molar-refractivity contribution in [1.29, 1.82) is 0 Å². The van der Waals surface area contributed by atoms with Gasteiger partial charge in [-0.05, 0) is 52.3 Å². The molecule has 0 aliphatic rings. The van der Waals surface area contributed by atoms with E-state index in [1.54, 1.807) is 12.1 Å². The first-order chi connectivity index (χ1) is 9.97. The van der Waals surface area contributed by atoms with Gasteiger partial charge in [-0.3, -0.25) is 9.59 Å². The zero-order chi connectivity index (χ0) is 15.4. The van der Waals surface area contributed by atoms with Crippen molar-refractivity contribution in [2.45, 2.75) is 0 Å². The highest BCUT2D eigenvalue weighted by molar-refractivity contribution is 9.11. The zero-order valence-corrected chi connectivity index (χ0v) is 13.1. The number of carbonyl (C=O) groups is 3. The first kappa shape index (κ1) is 15.4. The Morgan fingerprint density at radius 2 is 1.67 bits per heavy atom. The Morgan fingerprint density at radius 1 is 1.05 bits per heavy atom. The summed E-state index contributed by atoms with van der Waals surface area (Å²) in [4.78, 5) is 35.0. The summed E-state index contributed by atoms with van der Waals surface area (Å²) in [5.74, 6) is -1.48. The molecule has 0 bridgehead atoms. The molecule has 0 aliphatic heterocycles. The third-order valence-corrected chi connectivity index (χ3v) is 4.25. The minimum atomic E-state index is -0.630. The fraction of sp³-hybridized carbons (Fsp3) is 0.0714. The number of primary amides is 1. The molecule has 0 spiro atoms. The van der Waals surface area contributed by atoms with Crippen LogP contribution in [0.1, 0.15) is 30.4 Å². The molecule has 21 heavy (non-hydrogen) atoms.